The van der Waals surface area contributed by atoms with E-state index >= 15 is 0 Å². The summed E-state index contributed by atoms with van der Waals surface area (Å²) >= 11 is 0. The largest absolute Gasteiger partial charge is 0.542 e. The number of carboxylic acid groups (broad SMARTS) is 1. The molecule has 7 heteroatoms. The monoisotopic (exact) mass is 367 g/mol. The molecule has 1 fully saturated rings. The third-order valence-corrected chi connectivity index (χ3v) is 3.72. The standard InChI is InChI=1S/C17H18O2.C2HF3O2/c1-2-6-16(7-3-1)19-17-10-8-14(9-11-17)15-5-4-12-18-13-15;3-2(4,5)1(6)7/h1-3,6-11,15H,4-5,12-13H2;(H,6,7)/p-1. The Kier molecular flexibility index (Phi) is 7.03. The van der Waals surface area contributed by atoms with Gasteiger partial charge in [0.15, 0.2) is 0 Å². The molecule has 0 N–H and O–H groups in total. The second-order valence-electron chi connectivity index (χ2n) is 5.68. The fourth-order valence-electron chi connectivity index (χ4n) is 2.44. The van der Waals surface area contributed by atoms with Crippen LogP contribution in [0.25, 0.3) is 0 Å². The van der Waals surface area contributed by atoms with Gasteiger partial charge in [-0.15, -0.1) is 0 Å². The Morgan fingerprint density at radius 3 is 2.12 bits per heavy atom. The van der Waals surface area contributed by atoms with Crippen LogP contribution in [-0.4, -0.2) is 25.4 Å². The summed E-state index contributed by atoms with van der Waals surface area (Å²) in [6, 6.07) is 18.2. The highest BCUT2D eigenvalue weighted by atomic mass is 19.4. The number of para-hydroxylation sites is 1. The third-order valence-electron chi connectivity index (χ3n) is 3.72. The van der Waals surface area contributed by atoms with E-state index in [2.05, 4.69) is 12.1 Å². The molecule has 0 radical (unpaired) electrons. The lowest BCUT2D eigenvalue weighted by atomic mass is 9.94. The maximum absolute atomic E-state index is 10.5. The Bertz CT molecular complexity index is 678. The van der Waals surface area contributed by atoms with Crippen LogP contribution in [0.2, 0.25) is 0 Å². The second-order valence-corrected chi connectivity index (χ2v) is 5.68. The van der Waals surface area contributed by atoms with Gasteiger partial charge in [0, 0.05) is 12.5 Å². The minimum Gasteiger partial charge on any atom is -0.542 e. The predicted molar refractivity (Wildman–Crippen MR) is 86.8 cm³/mol. The quantitative estimate of drug-likeness (QED) is 0.831. The second kappa shape index (κ2) is 9.24. The van der Waals surface area contributed by atoms with E-state index in [1.54, 1.807) is 0 Å². The highest BCUT2D eigenvalue weighted by Gasteiger charge is 2.28. The van der Waals surface area contributed by atoms with Crippen molar-refractivity contribution in [3.63, 3.8) is 0 Å². The normalized spacial score (nSPS) is 17.0. The van der Waals surface area contributed by atoms with Crippen molar-refractivity contribution in [2.45, 2.75) is 24.9 Å². The molecule has 0 bridgehead atoms. The average Bonchev–Trinajstić information content (AvgIpc) is 2.64. The molecule has 4 nitrogen and oxygen atoms in total. The van der Waals surface area contributed by atoms with E-state index in [1.807, 2.05) is 42.5 Å². The molecule has 0 aliphatic carbocycles. The molecule has 1 saturated heterocycles. The van der Waals surface area contributed by atoms with Gasteiger partial charge < -0.3 is 19.4 Å². The molecule has 0 spiro atoms. The first-order valence-corrected chi connectivity index (χ1v) is 8.05. The summed E-state index contributed by atoms with van der Waals surface area (Å²) in [4.78, 5) is 8.78. The number of aliphatic carboxylic acids is 1. The van der Waals surface area contributed by atoms with E-state index in [0.29, 0.717) is 5.92 Å². The number of alkyl halides is 3. The molecule has 3 rings (SSSR count). The summed E-state index contributed by atoms with van der Waals surface area (Å²) in [5.41, 5.74) is 1.35. The molecule has 2 aromatic rings. The smallest absolute Gasteiger partial charge is 0.430 e. The van der Waals surface area contributed by atoms with Crippen LogP contribution in [0.1, 0.15) is 24.3 Å². The molecular formula is C19H18F3O4-. The van der Waals surface area contributed by atoms with E-state index in [4.69, 9.17) is 19.4 Å². The fourth-order valence-corrected chi connectivity index (χ4v) is 2.44. The van der Waals surface area contributed by atoms with Crippen molar-refractivity contribution in [1.29, 1.82) is 0 Å². The highest BCUT2D eigenvalue weighted by Crippen LogP contribution is 2.28. The summed E-state index contributed by atoms with van der Waals surface area (Å²) in [5.74, 6) is -0.713. The topological polar surface area (TPSA) is 58.6 Å². The van der Waals surface area contributed by atoms with Gasteiger partial charge in [0.05, 0.1) is 6.61 Å². The van der Waals surface area contributed by atoms with Crippen LogP contribution in [0.5, 0.6) is 11.5 Å². The summed E-state index contributed by atoms with van der Waals surface area (Å²) < 4.78 is 42.9. The van der Waals surface area contributed by atoms with Gasteiger partial charge in [0.1, 0.15) is 17.5 Å². The Morgan fingerprint density at radius 2 is 1.62 bits per heavy atom. The Labute approximate surface area is 149 Å². The van der Waals surface area contributed by atoms with Crippen molar-refractivity contribution in [2.75, 3.05) is 13.2 Å². The Hall–Kier alpha value is -2.54. The van der Waals surface area contributed by atoms with Gasteiger partial charge in [0.2, 0.25) is 0 Å². The number of hydrogen-bond donors (Lipinski definition) is 0. The van der Waals surface area contributed by atoms with Gasteiger partial charge in [-0.3, -0.25) is 0 Å². The highest BCUT2D eigenvalue weighted by molar-refractivity contribution is 5.70. The number of carbonyl (C=O) groups excluding carboxylic acids is 1. The van der Waals surface area contributed by atoms with Crippen LogP contribution in [0.3, 0.4) is 0 Å². The SMILES string of the molecule is O=C([O-])C(F)(F)F.c1ccc(Oc2ccc(C3CCCOC3)cc2)cc1. The maximum atomic E-state index is 10.5. The lowest BCUT2D eigenvalue weighted by molar-refractivity contribution is -0.344. The lowest BCUT2D eigenvalue weighted by Crippen LogP contribution is -2.37. The van der Waals surface area contributed by atoms with Gasteiger partial charge in [0.25, 0.3) is 0 Å². The first-order valence-electron chi connectivity index (χ1n) is 8.05. The Morgan fingerprint density at radius 1 is 1.04 bits per heavy atom. The zero-order valence-corrected chi connectivity index (χ0v) is 13.9. The van der Waals surface area contributed by atoms with E-state index in [0.717, 1.165) is 31.1 Å². The molecule has 1 aliphatic heterocycles. The molecule has 26 heavy (non-hydrogen) atoms. The third kappa shape index (κ3) is 6.40. The fraction of sp³-hybridized carbons (Fsp3) is 0.316. The first kappa shape index (κ1) is 19.8. The molecule has 1 aliphatic rings. The molecule has 0 saturated carbocycles. The number of rotatable bonds is 3. The summed E-state index contributed by atoms with van der Waals surface area (Å²) in [5, 5.41) is 8.78. The summed E-state index contributed by atoms with van der Waals surface area (Å²) in [7, 11) is 0. The van der Waals surface area contributed by atoms with E-state index in [9.17, 15) is 13.2 Å². The molecular weight excluding hydrogens is 349 g/mol. The van der Waals surface area contributed by atoms with E-state index in [1.165, 1.54) is 12.0 Å². The number of carboxylic acids is 1. The predicted octanol–water partition coefficient (Wildman–Crippen LogP) is 3.67. The maximum Gasteiger partial charge on any atom is 0.430 e. The molecule has 2 aromatic carbocycles. The van der Waals surface area contributed by atoms with Crippen LogP contribution >= 0.6 is 0 Å². The molecule has 0 amide bonds. The number of benzene rings is 2. The number of halogens is 3. The zero-order chi connectivity index (χ0) is 19.0. The minimum atomic E-state index is -5.19. The Balaban J connectivity index is 0.000000298. The number of ether oxygens (including phenoxy) is 2. The lowest BCUT2D eigenvalue weighted by Gasteiger charge is -2.22. The van der Waals surface area contributed by atoms with Crippen molar-refractivity contribution < 1.29 is 32.5 Å². The molecule has 1 unspecified atom stereocenters. The van der Waals surface area contributed by atoms with Crippen LogP contribution in [0.4, 0.5) is 13.2 Å². The van der Waals surface area contributed by atoms with Crippen molar-refractivity contribution in [3.05, 3.63) is 60.2 Å². The number of carbonyl (C=O) groups is 1. The van der Waals surface area contributed by atoms with Crippen molar-refractivity contribution in [1.82, 2.24) is 0 Å². The zero-order valence-electron chi connectivity index (χ0n) is 13.9. The van der Waals surface area contributed by atoms with Gasteiger partial charge in [-0.05, 0) is 42.7 Å². The van der Waals surface area contributed by atoms with Gasteiger partial charge in [-0.1, -0.05) is 30.3 Å². The van der Waals surface area contributed by atoms with Gasteiger partial charge in [-0.25, -0.2) is 0 Å². The average molecular weight is 367 g/mol. The molecule has 1 atom stereocenters. The number of hydrogen-bond acceptors (Lipinski definition) is 4. The van der Waals surface area contributed by atoms with Gasteiger partial charge >= 0.3 is 6.18 Å². The van der Waals surface area contributed by atoms with Crippen LogP contribution in [0.15, 0.2) is 54.6 Å². The molecule has 1 heterocycles. The summed E-state index contributed by atoms with van der Waals surface area (Å²) in [6.45, 7) is 1.75. The first-order chi connectivity index (χ1) is 12.4. The van der Waals surface area contributed by atoms with Crippen molar-refractivity contribution in [3.8, 4) is 11.5 Å². The summed E-state index contributed by atoms with van der Waals surface area (Å²) in [6.07, 6.45) is -2.81. The van der Waals surface area contributed by atoms with Gasteiger partial charge in [-0.2, -0.15) is 13.2 Å². The van der Waals surface area contributed by atoms with E-state index in [-0.39, 0.29) is 0 Å². The molecule has 140 valence electrons. The van der Waals surface area contributed by atoms with Crippen LogP contribution < -0.4 is 9.84 Å². The van der Waals surface area contributed by atoms with Crippen molar-refractivity contribution >= 4 is 5.97 Å². The van der Waals surface area contributed by atoms with Crippen LogP contribution in [0, 0.1) is 0 Å². The minimum absolute atomic E-state index is 0.541. The van der Waals surface area contributed by atoms with Crippen LogP contribution in [-0.2, 0) is 9.53 Å². The van der Waals surface area contributed by atoms with Crippen molar-refractivity contribution in [2.24, 2.45) is 0 Å². The molecule has 0 aromatic heterocycles. The van der Waals surface area contributed by atoms with E-state index < -0.39 is 12.1 Å².